The minimum atomic E-state index is 0.00112. The molecule has 2 aromatic carbocycles. The molecule has 0 aliphatic carbocycles. The van der Waals surface area contributed by atoms with Gasteiger partial charge < -0.3 is 15.5 Å². The lowest BCUT2D eigenvalue weighted by Crippen LogP contribution is -2.52. The van der Waals surface area contributed by atoms with Crippen LogP contribution < -0.4 is 10.6 Å². The van der Waals surface area contributed by atoms with Crippen LogP contribution in [-0.2, 0) is 11.3 Å². The first-order chi connectivity index (χ1) is 16.0. The molecule has 3 unspecified atom stereocenters. The number of nitrogens with one attached hydrogen (secondary N) is 2. The quantitative estimate of drug-likeness (QED) is 0.503. The van der Waals surface area contributed by atoms with Crippen molar-refractivity contribution in [3.8, 4) is 0 Å². The van der Waals surface area contributed by atoms with Gasteiger partial charge in [-0.1, -0.05) is 60.7 Å². The standard InChI is InChI=1S/C27H37N5O/c1-20(22-12-8-5-9-13-22)29-27(28-18-26(33)31(2)3)30-23-16-24-14-15-25(17-23)32(24)19-21-10-6-4-7-11-21/h4-13,20,23-25H,14-19H2,1-3H3,(H2,28,29,30). The topological polar surface area (TPSA) is 60.0 Å². The minimum absolute atomic E-state index is 0.00112. The Balaban J connectivity index is 1.41. The van der Waals surface area contributed by atoms with Gasteiger partial charge in [-0.15, -0.1) is 0 Å². The molecule has 3 atom stereocenters. The van der Waals surface area contributed by atoms with Crippen LogP contribution in [0, 0.1) is 0 Å². The van der Waals surface area contributed by atoms with E-state index in [2.05, 4.69) is 69.9 Å². The summed E-state index contributed by atoms with van der Waals surface area (Å²) in [7, 11) is 3.54. The monoisotopic (exact) mass is 447 g/mol. The molecule has 4 rings (SSSR count). The second-order valence-electron chi connectivity index (χ2n) is 9.59. The van der Waals surface area contributed by atoms with E-state index in [1.807, 2.05) is 18.2 Å². The number of benzene rings is 2. The third-order valence-corrected chi connectivity index (χ3v) is 6.96. The number of amides is 1. The molecule has 2 N–H and O–H groups in total. The number of carbonyl (C=O) groups excluding carboxylic acids is 1. The number of hydrogen-bond donors (Lipinski definition) is 2. The number of fused-ring (bicyclic) bond motifs is 2. The molecule has 0 saturated carbocycles. The average Bonchev–Trinajstić information content (AvgIpc) is 3.05. The Morgan fingerprint density at radius 2 is 1.64 bits per heavy atom. The fourth-order valence-corrected chi connectivity index (χ4v) is 5.09. The zero-order chi connectivity index (χ0) is 23.2. The van der Waals surface area contributed by atoms with Gasteiger partial charge in [0, 0.05) is 38.8 Å². The van der Waals surface area contributed by atoms with Crippen LogP contribution in [0.15, 0.2) is 65.7 Å². The molecule has 2 bridgehead atoms. The summed E-state index contributed by atoms with van der Waals surface area (Å²) in [5.41, 5.74) is 2.59. The van der Waals surface area contributed by atoms with Gasteiger partial charge in [0.25, 0.3) is 0 Å². The Bertz CT molecular complexity index is 916. The summed E-state index contributed by atoms with van der Waals surface area (Å²) < 4.78 is 0. The Labute approximate surface area is 198 Å². The molecule has 2 heterocycles. The lowest BCUT2D eigenvalue weighted by atomic mass is 9.96. The number of guanidine groups is 1. The number of likely N-dealkylation sites (N-methyl/N-ethyl adjacent to an activating group) is 1. The van der Waals surface area contributed by atoms with Crippen molar-refractivity contribution in [3.05, 3.63) is 71.8 Å². The van der Waals surface area contributed by atoms with Crippen molar-refractivity contribution in [1.29, 1.82) is 0 Å². The largest absolute Gasteiger partial charge is 0.354 e. The third-order valence-electron chi connectivity index (χ3n) is 6.96. The third kappa shape index (κ3) is 6.14. The van der Waals surface area contributed by atoms with Crippen molar-refractivity contribution in [3.63, 3.8) is 0 Å². The van der Waals surface area contributed by atoms with Gasteiger partial charge in [0.2, 0.25) is 5.91 Å². The van der Waals surface area contributed by atoms with Crippen molar-refractivity contribution in [1.82, 2.24) is 20.4 Å². The van der Waals surface area contributed by atoms with Crippen LogP contribution in [0.1, 0.15) is 49.8 Å². The highest BCUT2D eigenvalue weighted by Gasteiger charge is 2.40. The van der Waals surface area contributed by atoms with Gasteiger partial charge in [0.05, 0.1) is 6.04 Å². The molecule has 2 fully saturated rings. The number of aliphatic imine (C=N–C) groups is 1. The normalized spacial score (nSPS) is 23.7. The summed E-state index contributed by atoms with van der Waals surface area (Å²) in [5.74, 6) is 0.726. The van der Waals surface area contributed by atoms with Gasteiger partial charge in [-0.25, -0.2) is 4.99 Å². The van der Waals surface area contributed by atoms with E-state index >= 15 is 0 Å². The molecule has 0 aromatic heterocycles. The molecule has 33 heavy (non-hydrogen) atoms. The van der Waals surface area contributed by atoms with E-state index in [1.165, 1.54) is 24.0 Å². The predicted octanol–water partition coefficient (Wildman–Crippen LogP) is 3.57. The van der Waals surface area contributed by atoms with E-state index in [0.717, 1.165) is 25.3 Å². The zero-order valence-corrected chi connectivity index (χ0v) is 20.1. The zero-order valence-electron chi connectivity index (χ0n) is 20.1. The van der Waals surface area contributed by atoms with Crippen molar-refractivity contribution in [2.45, 2.75) is 63.3 Å². The van der Waals surface area contributed by atoms with Gasteiger partial charge in [0.1, 0.15) is 6.54 Å². The van der Waals surface area contributed by atoms with Gasteiger partial charge in [-0.2, -0.15) is 0 Å². The summed E-state index contributed by atoms with van der Waals surface area (Å²) in [6.07, 6.45) is 4.72. The molecule has 0 radical (unpaired) electrons. The van der Waals surface area contributed by atoms with Crippen molar-refractivity contribution in [2.75, 3.05) is 20.6 Å². The Kier molecular flexibility index (Phi) is 7.65. The number of hydrogen-bond acceptors (Lipinski definition) is 3. The molecular formula is C27H37N5O. The van der Waals surface area contributed by atoms with Gasteiger partial charge in [-0.3, -0.25) is 9.69 Å². The molecule has 6 nitrogen and oxygen atoms in total. The van der Waals surface area contributed by atoms with E-state index in [4.69, 9.17) is 0 Å². The van der Waals surface area contributed by atoms with E-state index < -0.39 is 0 Å². The summed E-state index contributed by atoms with van der Waals surface area (Å²) in [6.45, 7) is 3.31. The smallest absolute Gasteiger partial charge is 0.243 e. The lowest BCUT2D eigenvalue weighted by Gasteiger charge is -2.40. The van der Waals surface area contributed by atoms with E-state index in [1.54, 1.807) is 19.0 Å². The Morgan fingerprint density at radius 1 is 1.03 bits per heavy atom. The fraction of sp³-hybridized carbons (Fsp3) is 0.481. The Hall–Kier alpha value is -2.86. The molecule has 176 valence electrons. The van der Waals surface area contributed by atoms with Crippen LogP contribution >= 0.6 is 0 Å². The highest BCUT2D eigenvalue weighted by molar-refractivity contribution is 5.85. The summed E-state index contributed by atoms with van der Waals surface area (Å²) in [5, 5.41) is 7.21. The maximum absolute atomic E-state index is 12.2. The molecule has 1 amide bonds. The van der Waals surface area contributed by atoms with Crippen LogP contribution in [0.3, 0.4) is 0 Å². The molecule has 2 aliphatic heterocycles. The SMILES string of the molecule is CC(NC(=NCC(=O)N(C)C)NC1CC2CCC(C1)N2Cc1ccccc1)c1ccccc1. The van der Waals surface area contributed by atoms with E-state index in [9.17, 15) is 4.79 Å². The van der Waals surface area contributed by atoms with Crippen LogP contribution in [0.4, 0.5) is 0 Å². The van der Waals surface area contributed by atoms with Crippen LogP contribution in [0.2, 0.25) is 0 Å². The summed E-state index contributed by atoms with van der Waals surface area (Å²) >= 11 is 0. The second kappa shape index (κ2) is 10.8. The number of piperidine rings is 1. The minimum Gasteiger partial charge on any atom is -0.354 e. The molecular weight excluding hydrogens is 410 g/mol. The van der Waals surface area contributed by atoms with Gasteiger partial charge in [0.15, 0.2) is 5.96 Å². The lowest BCUT2D eigenvalue weighted by molar-refractivity contribution is -0.127. The highest BCUT2D eigenvalue weighted by Crippen LogP contribution is 2.36. The van der Waals surface area contributed by atoms with E-state index in [0.29, 0.717) is 18.1 Å². The van der Waals surface area contributed by atoms with Crippen LogP contribution in [0.5, 0.6) is 0 Å². The summed E-state index contributed by atoms with van der Waals surface area (Å²) in [6, 6.07) is 22.8. The van der Waals surface area contributed by atoms with Crippen LogP contribution in [-0.4, -0.2) is 60.4 Å². The first-order valence-electron chi connectivity index (χ1n) is 12.1. The van der Waals surface area contributed by atoms with Crippen LogP contribution in [0.25, 0.3) is 0 Å². The molecule has 2 saturated heterocycles. The Morgan fingerprint density at radius 3 is 2.24 bits per heavy atom. The van der Waals surface area contributed by atoms with Crippen molar-refractivity contribution in [2.24, 2.45) is 4.99 Å². The number of nitrogens with zero attached hydrogens (tertiary/aromatic N) is 3. The average molecular weight is 448 g/mol. The predicted molar refractivity (Wildman–Crippen MR) is 134 cm³/mol. The second-order valence-corrected chi connectivity index (χ2v) is 9.59. The summed E-state index contributed by atoms with van der Waals surface area (Å²) in [4.78, 5) is 21.1. The van der Waals surface area contributed by atoms with Gasteiger partial charge in [-0.05, 0) is 43.7 Å². The molecule has 6 heteroatoms. The molecule has 0 spiro atoms. The molecule has 2 aliphatic rings. The van der Waals surface area contributed by atoms with Crippen molar-refractivity contribution >= 4 is 11.9 Å². The van der Waals surface area contributed by atoms with Gasteiger partial charge >= 0.3 is 0 Å². The first kappa shape index (κ1) is 23.3. The number of rotatable bonds is 7. The number of carbonyl (C=O) groups is 1. The van der Waals surface area contributed by atoms with Crippen molar-refractivity contribution < 1.29 is 4.79 Å². The molecule has 2 aromatic rings. The highest BCUT2D eigenvalue weighted by atomic mass is 16.2. The first-order valence-corrected chi connectivity index (χ1v) is 12.1. The maximum Gasteiger partial charge on any atom is 0.243 e. The maximum atomic E-state index is 12.2. The fourth-order valence-electron chi connectivity index (χ4n) is 5.09. The van der Waals surface area contributed by atoms with E-state index in [-0.39, 0.29) is 18.5 Å².